The molecule has 4 nitrogen and oxygen atoms in total. The second kappa shape index (κ2) is 4.30. The molecule has 1 aliphatic carbocycles. The fourth-order valence-corrected chi connectivity index (χ4v) is 3.22. The van der Waals surface area contributed by atoms with E-state index in [0.29, 0.717) is 6.54 Å². The standard InChI is InChI=1S/C13H22F2N2O2/c1-12(2,3)19-11(18)17-6-7-5-8(17)9(7)13(4,16)10(14)15/h7-10H,5-6,16H2,1-4H3/t7-,8-,9?,13?/m0/s1. The van der Waals surface area contributed by atoms with Crippen LogP contribution in [0.2, 0.25) is 0 Å². The number of nitrogens with zero attached hydrogens (tertiary/aromatic N) is 1. The molecule has 0 aromatic rings. The van der Waals surface area contributed by atoms with Gasteiger partial charge in [0, 0.05) is 18.5 Å². The van der Waals surface area contributed by atoms with E-state index in [1.54, 1.807) is 25.7 Å². The molecule has 1 saturated carbocycles. The van der Waals surface area contributed by atoms with Gasteiger partial charge in [0.15, 0.2) is 0 Å². The molecule has 2 unspecified atom stereocenters. The Morgan fingerprint density at radius 3 is 2.42 bits per heavy atom. The Hall–Kier alpha value is -0.910. The van der Waals surface area contributed by atoms with Gasteiger partial charge in [-0.15, -0.1) is 0 Å². The van der Waals surface area contributed by atoms with Gasteiger partial charge in [-0.05, 0) is 40.0 Å². The van der Waals surface area contributed by atoms with E-state index >= 15 is 0 Å². The lowest BCUT2D eigenvalue weighted by molar-refractivity contribution is -0.0317. The number of hydrogen-bond donors (Lipinski definition) is 1. The van der Waals surface area contributed by atoms with Crippen molar-refractivity contribution >= 4 is 6.09 Å². The lowest BCUT2D eigenvalue weighted by atomic mass is 9.64. The van der Waals surface area contributed by atoms with Crippen LogP contribution < -0.4 is 5.73 Å². The summed E-state index contributed by atoms with van der Waals surface area (Å²) < 4.78 is 31.3. The number of amides is 1. The van der Waals surface area contributed by atoms with Crippen molar-refractivity contribution in [1.82, 2.24) is 4.90 Å². The molecule has 110 valence electrons. The molecule has 2 heterocycles. The van der Waals surface area contributed by atoms with Crippen molar-refractivity contribution in [2.75, 3.05) is 6.54 Å². The van der Waals surface area contributed by atoms with Crippen LogP contribution in [0.1, 0.15) is 34.1 Å². The molecule has 0 radical (unpaired) electrons. The minimum absolute atomic E-state index is 0.0709. The molecule has 1 amide bonds. The fraction of sp³-hybridized carbons (Fsp3) is 0.923. The molecular formula is C13H22F2N2O2. The van der Waals surface area contributed by atoms with Gasteiger partial charge in [-0.25, -0.2) is 13.6 Å². The van der Waals surface area contributed by atoms with Gasteiger partial charge in [-0.2, -0.15) is 0 Å². The molecule has 3 rings (SSSR count). The Morgan fingerprint density at radius 1 is 1.37 bits per heavy atom. The van der Waals surface area contributed by atoms with Crippen LogP contribution in [0.15, 0.2) is 0 Å². The largest absolute Gasteiger partial charge is 0.444 e. The van der Waals surface area contributed by atoms with E-state index in [4.69, 9.17) is 10.5 Å². The summed E-state index contributed by atoms with van der Waals surface area (Å²) in [5.74, 6) is -0.262. The van der Waals surface area contributed by atoms with Crippen molar-refractivity contribution in [3.63, 3.8) is 0 Å². The lowest BCUT2D eigenvalue weighted by Gasteiger charge is -2.45. The highest BCUT2D eigenvalue weighted by Gasteiger charge is 2.62. The van der Waals surface area contributed by atoms with E-state index in [1.165, 1.54) is 6.92 Å². The Balaban J connectivity index is 2.05. The Bertz CT molecular complexity index is 379. The highest BCUT2D eigenvalue weighted by molar-refractivity contribution is 5.70. The van der Waals surface area contributed by atoms with Crippen molar-refractivity contribution < 1.29 is 18.3 Å². The second-order valence-electron chi connectivity index (χ2n) is 6.89. The highest BCUT2D eigenvalue weighted by atomic mass is 19.3. The summed E-state index contributed by atoms with van der Waals surface area (Å²) in [5.41, 5.74) is 3.63. The number of carbonyl (C=O) groups is 1. The third kappa shape index (κ3) is 2.42. The first kappa shape index (κ1) is 14.5. The molecule has 0 aromatic carbocycles. The number of halogens is 2. The molecule has 2 saturated heterocycles. The van der Waals surface area contributed by atoms with Crippen LogP contribution in [0, 0.1) is 11.8 Å². The minimum Gasteiger partial charge on any atom is -0.444 e. The van der Waals surface area contributed by atoms with Crippen LogP contribution in [-0.2, 0) is 4.74 Å². The molecule has 3 aliphatic rings. The van der Waals surface area contributed by atoms with E-state index in [1.807, 2.05) is 0 Å². The maximum absolute atomic E-state index is 13.0. The van der Waals surface area contributed by atoms with Gasteiger partial charge in [0.05, 0.1) is 5.54 Å². The Morgan fingerprint density at radius 2 is 1.95 bits per heavy atom. The maximum Gasteiger partial charge on any atom is 0.410 e. The minimum atomic E-state index is -2.58. The van der Waals surface area contributed by atoms with E-state index in [0.717, 1.165) is 6.42 Å². The third-order valence-electron chi connectivity index (χ3n) is 4.11. The molecule has 0 spiro atoms. The molecule has 2 bridgehead atoms. The molecule has 0 aromatic heterocycles. The quantitative estimate of drug-likeness (QED) is 0.841. The van der Waals surface area contributed by atoms with Crippen LogP contribution in [0.5, 0.6) is 0 Å². The summed E-state index contributed by atoms with van der Waals surface area (Å²) in [4.78, 5) is 13.6. The van der Waals surface area contributed by atoms with Crippen molar-refractivity contribution in [2.24, 2.45) is 17.6 Å². The predicted octanol–water partition coefficient (Wildman–Crippen LogP) is 2.22. The average molecular weight is 276 g/mol. The van der Waals surface area contributed by atoms with Crippen molar-refractivity contribution in [2.45, 2.75) is 57.7 Å². The van der Waals surface area contributed by atoms with E-state index < -0.39 is 23.7 Å². The van der Waals surface area contributed by atoms with E-state index in [2.05, 4.69) is 0 Å². The topological polar surface area (TPSA) is 55.6 Å². The maximum atomic E-state index is 13.0. The smallest absolute Gasteiger partial charge is 0.410 e. The zero-order valence-electron chi connectivity index (χ0n) is 11.8. The molecule has 4 atom stereocenters. The van der Waals surface area contributed by atoms with E-state index in [9.17, 15) is 13.6 Å². The fourth-order valence-electron chi connectivity index (χ4n) is 3.22. The zero-order valence-corrected chi connectivity index (χ0v) is 11.8. The molecule has 6 heteroatoms. The summed E-state index contributed by atoms with van der Waals surface area (Å²) in [6, 6.07) is -0.205. The number of nitrogens with two attached hydrogens (primary N) is 1. The van der Waals surface area contributed by atoms with Gasteiger partial charge in [0.25, 0.3) is 6.43 Å². The first-order valence-corrected chi connectivity index (χ1v) is 6.60. The number of carbonyl (C=O) groups excluding carboxylic acids is 1. The summed E-state index contributed by atoms with van der Waals surface area (Å²) in [6.45, 7) is 7.21. The summed E-state index contributed by atoms with van der Waals surface area (Å²) in [6.07, 6.45) is -2.25. The first-order chi connectivity index (χ1) is 8.54. The summed E-state index contributed by atoms with van der Waals surface area (Å²) >= 11 is 0. The number of rotatable bonds is 2. The number of ether oxygens (including phenoxy) is 1. The van der Waals surface area contributed by atoms with Crippen molar-refractivity contribution in [3.05, 3.63) is 0 Å². The van der Waals surface area contributed by atoms with Crippen LogP contribution in [-0.4, -0.2) is 41.1 Å². The monoisotopic (exact) mass is 276 g/mol. The van der Waals surface area contributed by atoms with Gasteiger partial charge < -0.3 is 15.4 Å². The first-order valence-electron chi connectivity index (χ1n) is 6.60. The third-order valence-corrected chi connectivity index (χ3v) is 4.11. The van der Waals surface area contributed by atoms with Gasteiger partial charge in [0.2, 0.25) is 0 Å². The second-order valence-corrected chi connectivity index (χ2v) is 6.89. The Kier molecular flexibility index (Phi) is 3.28. The van der Waals surface area contributed by atoms with Gasteiger partial charge in [-0.3, -0.25) is 0 Å². The molecule has 2 aliphatic heterocycles. The summed E-state index contributed by atoms with van der Waals surface area (Å²) in [7, 11) is 0. The van der Waals surface area contributed by atoms with Crippen molar-refractivity contribution in [1.29, 1.82) is 0 Å². The zero-order chi connectivity index (χ0) is 14.6. The molecule has 2 N–H and O–H groups in total. The van der Waals surface area contributed by atoms with Gasteiger partial charge in [0.1, 0.15) is 5.60 Å². The normalized spacial score (nSPS) is 33.1. The van der Waals surface area contributed by atoms with E-state index in [-0.39, 0.29) is 17.9 Å². The summed E-state index contributed by atoms with van der Waals surface area (Å²) in [5, 5.41) is 0. The predicted molar refractivity (Wildman–Crippen MR) is 66.9 cm³/mol. The average Bonchev–Trinajstić information content (AvgIpc) is 2.70. The number of hydrogen-bond acceptors (Lipinski definition) is 3. The van der Waals surface area contributed by atoms with Crippen LogP contribution in [0.3, 0.4) is 0 Å². The lowest BCUT2D eigenvalue weighted by Crippen LogP contribution is -2.61. The Labute approximate surface area is 112 Å². The number of alkyl halides is 2. The van der Waals surface area contributed by atoms with Crippen LogP contribution in [0.25, 0.3) is 0 Å². The van der Waals surface area contributed by atoms with Gasteiger partial charge >= 0.3 is 6.09 Å². The number of fused-ring (bicyclic) bond motifs is 1. The van der Waals surface area contributed by atoms with Crippen molar-refractivity contribution in [3.8, 4) is 0 Å². The SMILES string of the molecule is CC(C)(C)OC(=O)N1C[C@@H]2C[C@H]1C2C(C)(N)C(F)F. The molecule has 3 fully saturated rings. The van der Waals surface area contributed by atoms with Gasteiger partial charge in [-0.1, -0.05) is 0 Å². The molecular weight excluding hydrogens is 254 g/mol. The highest BCUT2D eigenvalue weighted by Crippen LogP contribution is 2.52. The van der Waals surface area contributed by atoms with Crippen LogP contribution >= 0.6 is 0 Å². The van der Waals surface area contributed by atoms with Crippen LogP contribution in [0.4, 0.5) is 13.6 Å². The molecule has 19 heavy (non-hydrogen) atoms.